The fourth-order valence-corrected chi connectivity index (χ4v) is 3.22. The molecule has 0 aliphatic heterocycles. The molecule has 0 fully saturated rings. The maximum atomic E-state index is 6.06. The van der Waals surface area contributed by atoms with Gasteiger partial charge in [-0.3, -0.25) is 0 Å². The lowest BCUT2D eigenvalue weighted by molar-refractivity contribution is 0.513. The molecule has 2 aromatic carbocycles. The summed E-state index contributed by atoms with van der Waals surface area (Å²) in [6.45, 7) is 0.527. The average Bonchev–Trinajstić information content (AvgIpc) is 3.18. The number of hydrogen-bond acceptors (Lipinski definition) is 6. The van der Waals surface area contributed by atoms with Gasteiger partial charge in [0.15, 0.2) is 5.58 Å². The predicted molar refractivity (Wildman–Crippen MR) is 97.0 cm³/mol. The molecule has 0 saturated carbocycles. The summed E-state index contributed by atoms with van der Waals surface area (Å²) < 4.78 is 7.88. The SMILES string of the molecule is Nc1nc(N)c2c(ccc3c2ccn3Cc2nc3ccccc3o2)n1. The van der Waals surface area contributed by atoms with Crippen LogP contribution >= 0.6 is 0 Å². The number of nitrogens with two attached hydrogens (primary N) is 2. The number of nitrogens with zero attached hydrogens (tertiary/aromatic N) is 4. The van der Waals surface area contributed by atoms with Gasteiger partial charge in [0.2, 0.25) is 11.8 Å². The number of aromatic nitrogens is 4. The summed E-state index contributed by atoms with van der Waals surface area (Å²) in [6, 6.07) is 13.6. The highest BCUT2D eigenvalue weighted by molar-refractivity contribution is 6.10. The third kappa shape index (κ3) is 2.09. The molecular formula is C18H14N6O. The van der Waals surface area contributed by atoms with Crippen molar-refractivity contribution in [2.24, 2.45) is 0 Å². The van der Waals surface area contributed by atoms with E-state index >= 15 is 0 Å². The highest BCUT2D eigenvalue weighted by atomic mass is 16.3. The Morgan fingerprint density at radius 3 is 2.68 bits per heavy atom. The van der Waals surface area contributed by atoms with Crippen LogP contribution in [0.2, 0.25) is 0 Å². The number of anilines is 2. The van der Waals surface area contributed by atoms with Crippen molar-refractivity contribution in [1.29, 1.82) is 0 Å². The van der Waals surface area contributed by atoms with E-state index in [1.165, 1.54) is 0 Å². The van der Waals surface area contributed by atoms with Gasteiger partial charge in [0.05, 0.1) is 17.4 Å². The molecule has 0 aliphatic carbocycles. The van der Waals surface area contributed by atoms with Crippen LogP contribution in [0.3, 0.4) is 0 Å². The third-order valence-electron chi connectivity index (χ3n) is 4.30. The Morgan fingerprint density at radius 1 is 0.920 bits per heavy atom. The molecule has 3 aromatic heterocycles. The van der Waals surface area contributed by atoms with Crippen LogP contribution in [0.5, 0.6) is 0 Å². The molecule has 0 radical (unpaired) electrons. The van der Waals surface area contributed by atoms with E-state index in [9.17, 15) is 0 Å². The Morgan fingerprint density at radius 2 is 1.80 bits per heavy atom. The van der Waals surface area contributed by atoms with Gasteiger partial charge in [0.25, 0.3) is 0 Å². The quantitative estimate of drug-likeness (QED) is 0.515. The maximum Gasteiger partial charge on any atom is 0.222 e. The second kappa shape index (κ2) is 4.94. The first-order valence-electron chi connectivity index (χ1n) is 7.84. The van der Waals surface area contributed by atoms with Gasteiger partial charge in [0, 0.05) is 17.1 Å². The predicted octanol–water partition coefficient (Wildman–Crippen LogP) is 2.94. The minimum absolute atomic E-state index is 0.176. The monoisotopic (exact) mass is 330 g/mol. The number of hydrogen-bond donors (Lipinski definition) is 2. The lowest BCUT2D eigenvalue weighted by Crippen LogP contribution is -2.01. The lowest BCUT2D eigenvalue weighted by atomic mass is 10.1. The minimum Gasteiger partial charge on any atom is -0.439 e. The van der Waals surface area contributed by atoms with Crippen LogP contribution < -0.4 is 11.5 Å². The number of fused-ring (bicyclic) bond motifs is 4. The van der Waals surface area contributed by atoms with E-state index in [0.29, 0.717) is 18.3 Å². The molecule has 0 spiro atoms. The van der Waals surface area contributed by atoms with Gasteiger partial charge < -0.3 is 20.5 Å². The van der Waals surface area contributed by atoms with Crippen molar-refractivity contribution in [2.45, 2.75) is 6.54 Å². The molecule has 4 N–H and O–H groups in total. The molecular weight excluding hydrogens is 316 g/mol. The van der Waals surface area contributed by atoms with Crippen LogP contribution in [0.15, 0.2) is 53.1 Å². The first kappa shape index (κ1) is 13.8. The fourth-order valence-electron chi connectivity index (χ4n) is 3.22. The maximum absolute atomic E-state index is 6.06. The molecule has 0 unspecified atom stereocenters. The molecule has 7 heteroatoms. The molecule has 0 atom stereocenters. The van der Waals surface area contributed by atoms with Gasteiger partial charge in [-0.1, -0.05) is 12.1 Å². The lowest BCUT2D eigenvalue weighted by Gasteiger charge is -2.06. The minimum atomic E-state index is 0.176. The van der Waals surface area contributed by atoms with Crippen molar-refractivity contribution in [2.75, 3.05) is 11.5 Å². The van der Waals surface area contributed by atoms with E-state index in [-0.39, 0.29) is 5.95 Å². The van der Waals surface area contributed by atoms with E-state index in [1.807, 2.05) is 48.7 Å². The van der Waals surface area contributed by atoms with Crippen molar-refractivity contribution < 1.29 is 4.42 Å². The largest absolute Gasteiger partial charge is 0.439 e. The average molecular weight is 330 g/mol. The van der Waals surface area contributed by atoms with Crippen LogP contribution in [-0.4, -0.2) is 19.5 Å². The molecule has 0 aliphatic rings. The Kier molecular flexibility index (Phi) is 2.73. The number of rotatable bonds is 2. The summed E-state index contributed by atoms with van der Waals surface area (Å²) in [7, 11) is 0. The highest BCUT2D eigenvalue weighted by Gasteiger charge is 2.12. The molecule has 0 amide bonds. The van der Waals surface area contributed by atoms with E-state index in [4.69, 9.17) is 15.9 Å². The summed E-state index contributed by atoms with van der Waals surface area (Å²) in [6.07, 6.45) is 1.98. The Hall–Kier alpha value is -3.61. The Bertz CT molecular complexity index is 1220. The summed E-state index contributed by atoms with van der Waals surface area (Å²) in [5.74, 6) is 1.21. The number of benzene rings is 2. The van der Waals surface area contributed by atoms with Crippen molar-refractivity contribution in [3.63, 3.8) is 0 Å². The van der Waals surface area contributed by atoms with Crippen LogP contribution in [0.4, 0.5) is 11.8 Å². The van der Waals surface area contributed by atoms with Crippen molar-refractivity contribution >= 4 is 44.7 Å². The molecule has 7 nitrogen and oxygen atoms in total. The van der Waals surface area contributed by atoms with Gasteiger partial charge in [-0.05, 0) is 30.3 Å². The highest BCUT2D eigenvalue weighted by Crippen LogP contribution is 2.29. The molecule has 0 bridgehead atoms. The summed E-state index contributed by atoms with van der Waals surface area (Å²) >= 11 is 0. The number of oxazole rings is 1. The van der Waals surface area contributed by atoms with Gasteiger partial charge >= 0.3 is 0 Å². The zero-order chi connectivity index (χ0) is 17.0. The topological polar surface area (TPSA) is 109 Å². The zero-order valence-corrected chi connectivity index (χ0v) is 13.2. The van der Waals surface area contributed by atoms with E-state index in [1.54, 1.807) is 0 Å². The van der Waals surface area contributed by atoms with Crippen LogP contribution in [0, 0.1) is 0 Å². The first-order chi connectivity index (χ1) is 12.2. The van der Waals surface area contributed by atoms with Gasteiger partial charge in [-0.25, -0.2) is 9.97 Å². The first-order valence-corrected chi connectivity index (χ1v) is 7.84. The standard InChI is InChI=1S/C18H14N6O/c19-17-16-10-7-8-24(13(10)6-5-12(16)22-18(20)23-17)9-15-21-11-3-1-2-4-14(11)25-15/h1-8H,9H2,(H4,19,20,22,23). The molecule has 0 saturated heterocycles. The van der Waals surface area contributed by atoms with E-state index in [0.717, 1.165) is 32.9 Å². The van der Waals surface area contributed by atoms with Crippen LogP contribution in [0.25, 0.3) is 32.9 Å². The van der Waals surface area contributed by atoms with Crippen molar-refractivity contribution in [3.05, 3.63) is 54.6 Å². The van der Waals surface area contributed by atoms with Crippen molar-refractivity contribution in [3.8, 4) is 0 Å². The van der Waals surface area contributed by atoms with E-state index < -0.39 is 0 Å². The molecule has 122 valence electrons. The molecule has 3 heterocycles. The normalized spacial score (nSPS) is 11.7. The number of para-hydroxylation sites is 2. The van der Waals surface area contributed by atoms with Gasteiger partial charge in [-0.2, -0.15) is 4.98 Å². The second-order valence-electron chi connectivity index (χ2n) is 5.88. The zero-order valence-electron chi connectivity index (χ0n) is 13.2. The summed E-state index contributed by atoms with van der Waals surface area (Å²) in [4.78, 5) is 12.9. The molecule has 5 aromatic rings. The third-order valence-corrected chi connectivity index (χ3v) is 4.30. The smallest absolute Gasteiger partial charge is 0.222 e. The van der Waals surface area contributed by atoms with Crippen molar-refractivity contribution in [1.82, 2.24) is 19.5 Å². The molecule has 25 heavy (non-hydrogen) atoms. The molecule has 5 rings (SSSR count). The van der Waals surface area contributed by atoms with Crippen LogP contribution in [-0.2, 0) is 6.54 Å². The Balaban J connectivity index is 1.65. The van der Waals surface area contributed by atoms with Gasteiger partial charge in [-0.15, -0.1) is 0 Å². The second-order valence-corrected chi connectivity index (χ2v) is 5.88. The Labute approximate surface area is 141 Å². The number of nitrogen functional groups attached to an aromatic ring is 2. The summed E-state index contributed by atoms with van der Waals surface area (Å²) in [5.41, 5.74) is 15.1. The summed E-state index contributed by atoms with van der Waals surface area (Å²) in [5, 5.41) is 1.79. The van der Waals surface area contributed by atoms with Crippen LogP contribution in [0.1, 0.15) is 5.89 Å². The van der Waals surface area contributed by atoms with E-state index in [2.05, 4.69) is 19.5 Å². The van der Waals surface area contributed by atoms with Gasteiger partial charge in [0.1, 0.15) is 11.3 Å². The fraction of sp³-hybridized carbons (Fsp3) is 0.0556.